The Hall–Kier alpha value is -5.31. The Morgan fingerprint density at radius 2 is 1.62 bits per heavy atom. The molecule has 4 aromatic carbocycles. The van der Waals surface area contributed by atoms with Gasteiger partial charge in [0.05, 0.1) is 23.8 Å². The van der Waals surface area contributed by atoms with Gasteiger partial charge in [-0.25, -0.2) is 19.2 Å². The number of para-hydroxylation sites is 1. The number of nitrogens with one attached hydrogen (secondary N) is 2. The third-order valence-corrected chi connectivity index (χ3v) is 6.24. The van der Waals surface area contributed by atoms with Gasteiger partial charge in [0.25, 0.3) is 5.91 Å². The van der Waals surface area contributed by atoms with E-state index in [1.165, 1.54) is 12.1 Å². The van der Waals surface area contributed by atoms with Crippen LogP contribution in [0.3, 0.4) is 0 Å². The zero-order valence-corrected chi connectivity index (χ0v) is 23.4. The van der Waals surface area contributed by atoms with Crippen LogP contribution in [-0.2, 0) is 4.74 Å². The van der Waals surface area contributed by atoms with Crippen LogP contribution in [0.15, 0.2) is 91.1 Å². The van der Waals surface area contributed by atoms with E-state index in [1.807, 2.05) is 38.1 Å². The van der Waals surface area contributed by atoms with Gasteiger partial charge in [-0.05, 0) is 75.4 Å². The van der Waals surface area contributed by atoms with Crippen LogP contribution in [0, 0.1) is 5.82 Å². The number of aromatic nitrogens is 2. The van der Waals surface area contributed by atoms with Gasteiger partial charge in [-0.3, -0.25) is 4.79 Å². The SMILES string of the molecule is CCOC(=O)c1ccc(C(=O)Nc2cccc(Nc3ncc4cccc(-c5ccc(F)cc5OC(C)C)c4n3)c2)cc1. The number of halogens is 1. The summed E-state index contributed by atoms with van der Waals surface area (Å²) in [6.45, 7) is 5.79. The first-order valence-electron chi connectivity index (χ1n) is 13.5. The number of nitrogens with zero attached hydrogens (tertiary/aromatic N) is 2. The van der Waals surface area contributed by atoms with E-state index in [4.69, 9.17) is 14.5 Å². The zero-order chi connectivity index (χ0) is 29.6. The second kappa shape index (κ2) is 12.5. The average molecular weight is 565 g/mol. The van der Waals surface area contributed by atoms with Gasteiger partial charge in [0, 0.05) is 45.7 Å². The molecule has 9 heteroatoms. The molecule has 212 valence electrons. The Bertz CT molecular complexity index is 1760. The quantitative estimate of drug-likeness (QED) is 0.180. The first-order chi connectivity index (χ1) is 20.3. The Morgan fingerprint density at radius 1 is 0.881 bits per heavy atom. The molecule has 0 bridgehead atoms. The number of benzene rings is 4. The number of ether oxygens (including phenoxy) is 2. The predicted octanol–water partition coefficient (Wildman–Crippen LogP) is 7.40. The molecule has 0 saturated heterocycles. The maximum Gasteiger partial charge on any atom is 0.338 e. The second-order valence-electron chi connectivity index (χ2n) is 9.70. The van der Waals surface area contributed by atoms with Crippen LogP contribution >= 0.6 is 0 Å². The Balaban J connectivity index is 1.37. The first-order valence-corrected chi connectivity index (χ1v) is 13.5. The number of esters is 1. The number of rotatable bonds is 9. The summed E-state index contributed by atoms with van der Waals surface area (Å²) in [5.41, 5.74) is 4.17. The van der Waals surface area contributed by atoms with E-state index < -0.39 is 5.97 Å². The van der Waals surface area contributed by atoms with E-state index in [2.05, 4.69) is 15.6 Å². The van der Waals surface area contributed by atoms with Crippen molar-refractivity contribution >= 4 is 40.1 Å². The maximum absolute atomic E-state index is 14.1. The molecule has 42 heavy (non-hydrogen) atoms. The summed E-state index contributed by atoms with van der Waals surface area (Å²) < 4.78 is 24.9. The van der Waals surface area contributed by atoms with Crippen molar-refractivity contribution in [2.75, 3.05) is 17.2 Å². The van der Waals surface area contributed by atoms with Crippen LogP contribution in [0.4, 0.5) is 21.7 Å². The second-order valence-corrected chi connectivity index (χ2v) is 9.70. The first kappa shape index (κ1) is 28.2. The van der Waals surface area contributed by atoms with E-state index >= 15 is 0 Å². The van der Waals surface area contributed by atoms with Crippen molar-refractivity contribution in [1.82, 2.24) is 9.97 Å². The minimum atomic E-state index is -0.437. The number of hydrogen-bond acceptors (Lipinski definition) is 7. The molecule has 0 aliphatic carbocycles. The molecule has 0 radical (unpaired) electrons. The largest absolute Gasteiger partial charge is 0.490 e. The zero-order valence-electron chi connectivity index (χ0n) is 23.4. The molecule has 2 N–H and O–H groups in total. The van der Waals surface area contributed by atoms with E-state index in [1.54, 1.807) is 61.7 Å². The summed E-state index contributed by atoms with van der Waals surface area (Å²) in [4.78, 5) is 33.9. The van der Waals surface area contributed by atoms with Crippen LogP contribution in [-0.4, -0.2) is 34.6 Å². The average Bonchev–Trinajstić information content (AvgIpc) is 2.97. The molecule has 1 amide bonds. The van der Waals surface area contributed by atoms with Crippen molar-refractivity contribution < 1.29 is 23.5 Å². The molecule has 0 spiro atoms. The molecule has 1 aromatic heterocycles. The van der Waals surface area contributed by atoms with E-state index in [-0.39, 0.29) is 24.4 Å². The smallest absolute Gasteiger partial charge is 0.338 e. The molecule has 1 heterocycles. The lowest BCUT2D eigenvalue weighted by Gasteiger charge is -2.16. The number of carbonyl (C=O) groups is 2. The fourth-order valence-corrected chi connectivity index (χ4v) is 4.38. The highest BCUT2D eigenvalue weighted by Gasteiger charge is 2.15. The summed E-state index contributed by atoms with van der Waals surface area (Å²) in [5.74, 6) is -0.362. The molecule has 5 rings (SSSR count). The molecule has 0 atom stereocenters. The predicted molar refractivity (Wildman–Crippen MR) is 161 cm³/mol. The highest BCUT2D eigenvalue weighted by atomic mass is 19.1. The van der Waals surface area contributed by atoms with E-state index in [0.717, 1.165) is 16.5 Å². The van der Waals surface area contributed by atoms with Crippen molar-refractivity contribution in [2.24, 2.45) is 0 Å². The van der Waals surface area contributed by atoms with Crippen LogP contribution < -0.4 is 15.4 Å². The van der Waals surface area contributed by atoms with Crippen molar-refractivity contribution in [3.8, 4) is 16.9 Å². The number of anilines is 3. The molecule has 0 aliphatic heterocycles. The van der Waals surface area contributed by atoms with Crippen molar-refractivity contribution in [2.45, 2.75) is 26.9 Å². The van der Waals surface area contributed by atoms with Crippen molar-refractivity contribution in [3.63, 3.8) is 0 Å². The maximum atomic E-state index is 14.1. The third kappa shape index (κ3) is 6.52. The third-order valence-electron chi connectivity index (χ3n) is 6.24. The highest BCUT2D eigenvalue weighted by Crippen LogP contribution is 2.36. The van der Waals surface area contributed by atoms with Gasteiger partial charge >= 0.3 is 5.97 Å². The minimum Gasteiger partial charge on any atom is -0.490 e. The van der Waals surface area contributed by atoms with E-state index in [0.29, 0.717) is 39.7 Å². The van der Waals surface area contributed by atoms with Crippen LogP contribution in [0.2, 0.25) is 0 Å². The van der Waals surface area contributed by atoms with Gasteiger partial charge in [0.1, 0.15) is 11.6 Å². The number of fused-ring (bicyclic) bond motifs is 1. The molecule has 8 nitrogen and oxygen atoms in total. The topological polar surface area (TPSA) is 102 Å². The molecular weight excluding hydrogens is 535 g/mol. The molecule has 0 fully saturated rings. The number of amides is 1. The summed E-state index contributed by atoms with van der Waals surface area (Å²) in [7, 11) is 0. The van der Waals surface area contributed by atoms with Gasteiger partial charge in [-0.15, -0.1) is 0 Å². The Morgan fingerprint density at radius 3 is 2.38 bits per heavy atom. The van der Waals surface area contributed by atoms with Gasteiger partial charge < -0.3 is 20.1 Å². The fourth-order valence-electron chi connectivity index (χ4n) is 4.38. The van der Waals surface area contributed by atoms with Gasteiger partial charge in [-0.2, -0.15) is 0 Å². The summed E-state index contributed by atoms with van der Waals surface area (Å²) >= 11 is 0. The lowest BCUT2D eigenvalue weighted by Crippen LogP contribution is -2.12. The van der Waals surface area contributed by atoms with Gasteiger partial charge in [0.15, 0.2) is 0 Å². The van der Waals surface area contributed by atoms with Crippen LogP contribution in [0.1, 0.15) is 41.5 Å². The molecule has 0 unspecified atom stereocenters. The summed E-state index contributed by atoms with van der Waals surface area (Å²) in [6.07, 6.45) is 1.58. The van der Waals surface area contributed by atoms with Crippen LogP contribution in [0.5, 0.6) is 5.75 Å². The summed E-state index contributed by atoms with van der Waals surface area (Å²) in [5, 5.41) is 6.88. The Kier molecular flexibility index (Phi) is 8.38. The molecule has 5 aromatic rings. The summed E-state index contributed by atoms with van der Waals surface area (Å²) in [6, 6.07) is 23.6. The highest BCUT2D eigenvalue weighted by molar-refractivity contribution is 6.05. The monoisotopic (exact) mass is 564 g/mol. The number of hydrogen-bond donors (Lipinski definition) is 2. The Labute approximate surface area is 242 Å². The molecular formula is C33H29FN4O4. The van der Waals surface area contributed by atoms with E-state index in [9.17, 15) is 14.0 Å². The van der Waals surface area contributed by atoms with Crippen LogP contribution in [0.25, 0.3) is 22.0 Å². The number of carbonyl (C=O) groups excluding carboxylic acids is 2. The lowest BCUT2D eigenvalue weighted by atomic mass is 10.0. The minimum absolute atomic E-state index is 0.135. The fraction of sp³-hybridized carbons (Fsp3) is 0.152. The van der Waals surface area contributed by atoms with Gasteiger partial charge in [0.2, 0.25) is 5.95 Å². The lowest BCUT2D eigenvalue weighted by molar-refractivity contribution is 0.0526. The molecule has 0 aliphatic rings. The molecule has 0 saturated carbocycles. The standard InChI is InChI=1S/C33H29FN4O4/c1-4-41-32(40)22-13-11-21(12-14-22)31(39)36-25-8-6-9-26(18-25)37-33-35-19-23-7-5-10-28(30(23)38-33)27-16-15-24(34)17-29(27)42-20(2)3/h5-20H,4H2,1-3H3,(H,36,39)(H,35,37,38). The van der Waals surface area contributed by atoms with Crippen molar-refractivity contribution in [3.05, 3.63) is 108 Å². The normalized spacial score (nSPS) is 10.9. The van der Waals surface area contributed by atoms with Crippen molar-refractivity contribution in [1.29, 1.82) is 0 Å². The van der Waals surface area contributed by atoms with Gasteiger partial charge in [-0.1, -0.05) is 24.3 Å².